The number of carbonyl (C=O) groups is 2. The molecule has 0 spiro atoms. The van der Waals surface area contributed by atoms with Gasteiger partial charge in [-0.15, -0.1) is 0 Å². The van der Waals surface area contributed by atoms with Gasteiger partial charge in [-0.3, -0.25) is 25.2 Å². The Morgan fingerprint density at radius 1 is 0.968 bits per heavy atom. The molecule has 9 nitrogen and oxygen atoms in total. The molecule has 2 heterocycles. The van der Waals surface area contributed by atoms with E-state index in [4.69, 9.17) is 0 Å². The molecule has 0 saturated heterocycles. The van der Waals surface area contributed by atoms with Crippen LogP contribution in [0.1, 0.15) is 27.9 Å². The lowest BCUT2D eigenvalue weighted by molar-refractivity contribution is 0.0840. The number of carbonyl (C=O) groups excluding carboxylic acids is 2. The first-order chi connectivity index (χ1) is 15.0. The average Bonchev–Trinajstić information content (AvgIpc) is 3.28. The first kappa shape index (κ1) is 20.0. The number of aromatic nitrogens is 4. The molecule has 156 valence electrons. The van der Waals surface area contributed by atoms with Crippen LogP contribution in [-0.2, 0) is 6.54 Å². The largest absolute Gasteiger partial charge is 0.290 e. The summed E-state index contributed by atoms with van der Waals surface area (Å²) in [5.74, 6) is -1.78. The lowest BCUT2D eigenvalue weighted by Gasteiger charge is -2.10. The number of hydrogen-bond acceptors (Lipinski definition) is 5. The standard InChI is InChI=1S/C21H17FN6O3/c1-2-27-21(31)16-9-4-3-8-15(16)18(26-27)20(30)24-23-19(29)17-10-11-28(25-17)14-7-5-6-13(22)12-14/h3-12H,2H2,1H3,(H,23,29)(H,24,30). The zero-order valence-electron chi connectivity index (χ0n) is 16.4. The molecule has 31 heavy (non-hydrogen) atoms. The van der Waals surface area contributed by atoms with E-state index in [1.807, 2.05) is 0 Å². The van der Waals surface area contributed by atoms with E-state index < -0.39 is 17.6 Å². The van der Waals surface area contributed by atoms with Crippen molar-refractivity contribution in [1.82, 2.24) is 30.4 Å². The normalized spacial score (nSPS) is 10.8. The summed E-state index contributed by atoms with van der Waals surface area (Å²) in [6.45, 7) is 2.02. The fourth-order valence-electron chi connectivity index (χ4n) is 3.06. The third kappa shape index (κ3) is 3.90. The zero-order chi connectivity index (χ0) is 22.0. The number of nitrogens with zero attached hydrogens (tertiary/aromatic N) is 4. The van der Waals surface area contributed by atoms with E-state index in [9.17, 15) is 18.8 Å². The Morgan fingerprint density at radius 2 is 1.71 bits per heavy atom. The lowest BCUT2D eigenvalue weighted by atomic mass is 10.1. The van der Waals surface area contributed by atoms with Crippen molar-refractivity contribution in [1.29, 1.82) is 0 Å². The minimum Gasteiger partial charge on any atom is -0.267 e. The molecule has 0 radical (unpaired) electrons. The third-order valence-corrected chi connectivity index (χ3v) is 4.57. The van der Waals surface area contributed by atoms with Crippen LogP contribution in [0.25, 0.3) is 16.5 Å². The first-order valence-electron chi connectivity index (χ1n) is 9.40. The summed E-state index contributed by atoms with van der Waals surface area (Å²) in [5.41, 5.74) is 4.73. The van der Waals surface area contributed by atoms with Crippen molar-refractivity contribution in [3.63, 3.8) is 0 Å². The number of aryl methyl sites for hydroxylation is 1. The first-order valence-corrected chi connectivity index (χ1v) is 9.40. The summed E-state index contributed by atoms with van der Waals surface area (Å²) in [6, 6.07) is 13.8. The monoisotopic (exact) mass is 420 g/mol. The smallest absolute Gasteiger partial charge is 0.267 e. The molecule has 0 unspecified atom stereocenters. The summed E-state index contributed by atoms with van der Waals surface area (Å²) in [7, 11) is 0. The molecule has 0 atom stereocenters. The number of fused-ring (bicyclic) bond motifs is 1. The average molecular weight is 420 g/mol. The molecule has 0 aliphatic heterocycles. The van der Waals surface area contributed by atoms with Crippen LogP contribution in [-0.4, -0.2) is 31.4 Å². The van der Waals surface area contributed by atoms with Crippen molar-refractivity contribution in [2.45, 2.75) is 13.5 Å². The minimum atomic E-state index is -0.684. The molecule has 4 rings (SSSR count). The highest BCUT2D eigenvalue weighted by molar-refractivity contribution is 6.05. The van der Waals surface area contributed by atoms with Crippen LogP contribution in [0.2, 0.25) is 0 Å². The summed E-state index contributed by atoms with van der Waals surface area (Å²) < 4.78 is 15.9. The van der Waals surface area contributed by atoms with E-state index in [-0.39, 0.29) is 23.5 Å². The van der Waals surface area contributed by atoms with Gasteiger partial charge in [0.2, 0.25) is 0 Å². The van der Waals surface area contributed by atoms with E-state index in [0.29, 0.717) is 16.5 Å². The quantitative estimate of drug-likeness (QED) is 0.489. The second kappa shape index (κ2) is 8.19. The zero-order valence-corrected chi connectivity index (χ0v) is 16.4. The second-order valence-electron chi connectivity index (χ2n) is 6.55. The summed E-state index contributed by atoms with van der Waals surface area (Å²) in [4.78, 5) is 37.4. The van der Waals surface area contributed by atoms with Gasteiger partial charge in [0.05, 0.1) is 11.1 Å². The molecule has 0 fully saturated rings. The summed E-state index contributed by atoms with van der Waals surface area (Å²) in [6.07, 6.45) is 1.50. The van der Waals surface area contributed by atoms with Crippen LogP contribution < -0.4 is 16.4 Å². The number of halogens is 1. The Labute approximate surface area is 175 Å². The Kier molecular flexibility index (Phi) is 5.27. The maximum absolute atomic E-state index is 13.4. The van der Waals surface area contributed by atoms with Crippen LogP contribution in [0.5, 0.6) is 0 Å². The number of benzene rings is 2. The van der Waals surface area contributed by atoms with Crippen LogP contribution in [0.15, 0.2) is 65.6 Å². The van der Waals surface area contributed by atoms with E-state index in [2.05, 4.69) is 21.0 Å². The molecular weight excluding hydrogens is 403 g/mol. The predicted octanol–water partition coefficient (Wildman–Crippen LogP) is 1.82. The number of hydrazine groups is 1. The van der Waals surface area contributed by atoms with Gasteiger partial charge in [-0.25, -0.2) is 13.8 Å². The molecule has 2 aromatic heterocycles. The Bertz CT molecular complexity index is 1360. The third-order valence-electron chi connectivity index (χ3n) is 4.57. The Morgan fingerprint density at radius 3 is 2.45 bits per heavy atom. The van der Waals surface area contributed by atoms with Crippen LogP contribution in [0, 0.1) is 5.82 Å². The number of hydrogen-bond donors (Lipinski definition) is 2. The van der Waals surface area contributed by atoms with Gasteiger partial charge in [0.1, 0.15) is 5.82 Å². The summed E-state index contributed by atoms with van der Waals surface area (Å²) >= 11 is 0. The van der Waals surface area contributed by atoms with Gasteiger partial charge in [-0.05, 0) is 37.3 Å². The highest BCUT2D eigenvalue weighted by Gasteiger charge is 2.18. The molecular formula is C21H17FN6O3. The maximum Gasteiger partial charge on any atom is 0.290 e. The van der Waals surface area contributed by atoms with Crippen molar-refractivity contribution < 1.29 is 14.0 Å². The Hall–Kier alpha value is -4.34. The van der Waals surface area contributed by atoms with E-state index in [1.165, 1.54) is 39.8 Å². The molecule has 0 saturated carbocycles. The number of nitrogens with one attached hydrogen (secondary N) is 2. The van der Waals surface area contributed by atoms with Crippen molar-refractivity contribution >= 4 is 22.6 Å². The molecule has 2 amide bonds. The molecule has 4 aromatic rings. The van der Waals surface area contributed by atoms with Crippen molar-refractivity contribution in [2.75, 3.05) is 0 Å². The molecule has 2 N–H and O–H groups in total. The highest BCUT2D eigenvalue weighted by Crippen LogP contribution is 2.13. The van der Waals surface area contributed by atoms with Gasteiger partial charge < -0.3 is 0 Å². The Balaban J connectivity index is 1.53. The molecule has 0 aliphatic rings. The van der Waals surface area contributed by atoms with E-state index >= 15 is 0 Å². The van der Waals surface area contributed by atoms with Gasteiger partial charge in [-0.2, -0.15) is 10.2 Å². The van der Waals surface area contributed by atoms with Crippen molar-refractivity contribution in [3.8, 4) is 5.69 Å². The van der Waals surface area contributed by atoms with E-state index in [0.717, 1.165) is 0 Å². The lowest BCUT2D eigenvalue weighted by Crippen LogP contribution is -2.43. The maximum atomic E-state index is 13.4. The van der Waals surface area contributed by atoms with Gasteiger partial charge in [-0.1, -0.05) is 24.3 Å². The van der Waals surface area contributed by atoms with Gasteiger partial charge in [0, 0.05) is 18.1 Å². The van der Waals surface area contributed by atoms with Gasteiger partial charge in [0.25, 0.3) is 17.4 Å². The van der Waals surface area contributed by atoms with Crippen molar-refractivity contribution in [3.05, 3.63) is 88.4 Å². The minimum absolute atomic E-state index is 0.00244. The predicted molar refractivity (Wildman–Crippen MR) is 110 cm³/mol. The number of rotatable bonds is 4. The van der Waals surface area contributed by atoms with Crippen LogP contribution in [0.3, 0.4) is 0 Å². The topological polar surface area (TPSA) is 111 Å². The molecule has 2 aromatic carbocycles. The highest BCUT2D eigenvalue weighted by atomic mass is 19.1. The van der Waals surface area contributed by atoms with Crippen LogP contribution in [0.4, 0.5) is 4.39 Å². The van der Waals surface area contributed by atoms with Gasteiger partial charge >= 0.3 is 0 Å². The number of amides is 2. The van der Waals surface area contributed by atoms with E-state index in [1.54, 1.807) is 37.3 Å². The van der Waals surface area contributed by atoms with Gasteiger partial charge in [0.15, 0.2) is 11.4 Å². The fourth-order valence-corrected chi connectivity index (χ4v) is 3.06. The molecule has 0 aliphatic carbocycles. The van der Waals surface area contributed by atoms with Crippen LogP contribution >= 0.6 is 0 Å². The summed E-state index contributed by atoms with van der Waals surface area (Å²) in [5, 5.41) is 8.92. The SMILES string of the molecule is CCn1nc(C(=O)NNC(=O)c2ccn(-c3cccc(F)c3)n2)c2ccccc2c1=O. The molecule has 0 bridgehead atoms. The second-order valence-corrected chi connectivity index (χ2v) is 6.55. The van der Waals surface area contributed by atoms with Crippen molar-refractivity contribution in [2.24, 2.45) is 0 Å². The fraction of sp³-hybridized carbons (Fsp3) is 0.0952. The molecule has 10 heteroatoms.